The van der Waals surface area contributed by atoms with E-state index in [0.717, 1.165) is 47.7 Å². The molecule has 0 saturated carbocycles. The summed E-state index contributed by atoms with van der Waals surface area (Å²) in [4.78, 5) is 11.3. The Morgan fingerprint density at radius 1 is 1.03 bits per heavy atom. The lowest BCUT2D eigenvalue weighted by molar-refractivity contribution is 0.398. The molecule has 5 heterocycles. The lowest BCUT2D eigenvalue weighted by Gasteiger charge is -2.29. The zero-order chi connectivity index (χ0) is 19.6. The van der Waals surface area contributed by atoms with Gasteiger partial charge in [-0.05, 0) is 42.3 Å². The Morgan fingerprint density at radius 3 is 2.76 bits per heavy atom. The fraction of sp³-hybridized carbons (Fsp3) is 0.182. The van der Waals surface area contributed by atoms with Crippen LogP contribution in [-0.2, 0) is 0 Å². The van der Waals surface area contributed by atoms with Gasteiger partial charge in [-0.25, -0.2) is 9.97 Å². The summed E-state index contributed by atoms with van der Waals surface area (Å²) < 4.78 is 7.13. The van der Waals surface area contributed by atoms with E-state index < -0.39 is 0 Å². The number of rotatable bonds is 4. The predicted molar refractivity (Wildman–Crippen MR) is 112 cm³/mol. The number of fused-ring (bicyclic) bond motifs is 1. The molecule has 5 rings (SSSR count). The summed E-state index contributed by atoms with van der Waals surface area (Å²) in [7, 11) is 1.62. The number of hydrogen-bond donors (Lipinski definition) is 0. The summed E-state index contributed by atoms with van der Waals surface area (Å²) in [5.41, 5.74) is 5.43. The Morgan fingerprint density at radius 2 is 1.97 bits per heavy atom. The van der Waals surface area contributed by atoms with E-state index in [1.54, 1.807) is 13.4 Å². The van der Waals surface area contributed by atoms with E-state index in [2.05, 4.69) is 43.3 Å². The van der Waals surface area contributed by atoms with Crippen LogP contribution in [0.25, 0.3) is 22.3 Å². The van der Waals surface area contributed by atoms with Gasteiger partial charge in [0.2, 0.25) is 5.88 Å². The van der Waals surface area contributed by atoms with Crippen molar-refractivity contribution >= 4 is 17.0 Å². The molecule has 0 atom stereocenters. The van der Waals surface area contributed by atoms with Crippen LogP contribution < -0.4 is 9.64 Å². The van der Waals surface area contributed by atoms with Crippen molar-refractivity contribution in [3.8, 4) is 17.0 Å². The summed E-state index contributed by atoms with van der Waals surface area (Å²) in [5.74, 6) is 1.57. The molecule has 1 aliphatic rings. The van der Waals surface area contributed by atoms with Crippen molar-refractivity contribution in [3.63, 3.8) is 0 Å². The third-order valence-corrected chi connectivity index (χ3v) is 5.22. The second kappa shape index (κ2) is 7.35. The van der Waals surface area contributed by atoms with Crippen molar-refractivity contribution < 1.29 is 4.74 Å². The van der Waals surface area contributed by atoms with Gasteiger partial charge < -0.3 is 9.64 Å². The number of anilines is 1. The summed E-state index contributed by atoms with van der Waals surface area (Å²) in [6.45, 7) is 1.67. The molecule has 4 aromatic rings. The zero-order valence-electron chi connectivity index (χ0n) is 16.1. The highest BCUT2D eigenvalue weighted by Crippen LogP contribution is 2.32. The molecule has 0 aromatic carbocycles. The summed E-state index contributed by atoms with van der Waals surface area (Å²) >= 11 is 0. The predicted octanol–water partition coefficient (Wildman–Crippen LogP) is 3.49. The van der Waals surface area contributed by atoms with Gasteiger partial charge in [0, 0.05) is 54.4 Å². The maximum absolute atomic E-state index is 5.17. The Labute approximate surface area is 168 Å². The molecule has 0 fully saturated rings. The number of ether oxygens (including phenoxy) is 1. The van der Waals surface area contributed by atoms with E-state index in [1.807, 2.05) is 47.3 Å². The molecular weight excluding hydrogens is 364 g/mol. The molecule has 144 valence electrons. The van der Waals surface area contributed by atoms with Crippen LogP contribution in [0.2, 0.25) is 0 Å². The average molecular weight is 384 g/mol. The lowest BCUT2D eigenvalue weighted by Crippen LogP contribution is -2.29. The van der Waals surface area contributed by atoms with Crippen LogP contribution in [0.5, 0.6) is 5.88 Å². The Hall–Kier alpha value is -3.74. The summed E-state index contributed by atoms with van der Waals surface area (Å²) in [5, 5.41) is 8.30. The van der Waals surface area contributed by atoms with Gasteiger partial charge in [-0.2, -0.15) is 0 Å². The first-order chi connectivity index (χ1) is 14.3. The van der Waals surface area contributed by atoms with Gasteiger partial charge in [-0.3, -0.25) is 4.40 Å². The van der Waals surface area contributed by atoms with E-state index in [1.165, 1.54) is 5.57 Å². The number of methoxy groups -OCH3 is 1. The Bertz CT molecular complexity index is 1180. The van der Waals surface area contributed by atoms with Crippen LogP contribution in [-0.4, -0.2) is 44.8 Å². The van der Waals surface area contributed by atoms with Crippen molar-refractivity contribution in [2.24, 2.45) is 0 Å². The molecule has 7 nitrogen and oxygen atoms in total. The highest BCUT2D eigenvalue weighted by molar-refractivity contribution is 5.79. The second-order valence-corrected chi connectivity index (χ2v) is 6.87. The minimum Gasteiger partial charge on any atom is -0.481 e. The SMILES string of the molecule is COc1ccc(-c2cccnc2N2CC=C(c3cccn4cnnc34)CC2)cn1. The molecule has 0 N–H and O–H groups in total. The molecule has 0 radical (unpaired) electrons. The van der Waals surface area contributed by atoms with E-state index in [0.29, 0.717) is 5.88 Å². The highest BCUT2D eigenvalue weighted by atomic mass is 16.5. The van der Waals surface area contributed by atoms with Gasteiger partial charge in [-0.1, -0.05) is 6.08 Å². The topological polar surface area (TPSA) is 68.4 Å². The summed E-state index contributed by atoms with van der Waals surface area (Å²) in [6.07, 6.45) is 10.6. The Balaban J connectivity index is 1.44. The normalized spacial score (nSPS) is 14.1. The quantitative estimate of drug-likeness (QED) is 0.537. The maximum atomic E-state index is 5.17. The van der Waals surface area contributed by atoms with Crippen LogP contribution in [0.15, 0.2) is 67.4 Å². The van der Waals surface area contributed by atoms with Gasteiger partial charge in [0.1, 0.15) is 12.1 Å². The van der Waals surface area contributed by atoms with Crippen molar-refractivity contribution in [2.75, 3.05) is 25.1 Å². The highest BCUT2D eigenvalue weighted by Gasteiger charge is 2.19. The van der Waals surface area contributed by atoms with Crippen molar-refractivity contribution in [1.29, 1.82) is 0 Å². The minimum atomic E-state index is 0.604. The van der Waals surface area contributed by atoms with Crippen LogP contribution >= 0.6 is 0 Å². The molecule has 0 saturated heterocycles. The molecule has 29 heavy (non-hydrogen) atoms. The Kier molecular flexibility index (Phi) is 4.40. The lowest BCUT2D eigenvalue weighted by atomic mass is 9.99. The number of nitrogens with zero attached hydrogens (tertiary/aromatic N) is 6. The first-order valence-corrected chi connectivity index (χ1v) is 9.51. The van der Waals surface area contributed by atoms with Crippen LogP contribution in [0.3, 0.4) is 0 Å². The van der Waals surface area contributed by atoms with Crippen LogP contribution in [0, 0.1) is 0 Å². The van der Waals surface area contributed by atoms with Crippen LogP contribution in [0.4, 0.5) is 5.82 Å². The summed E-state index contributed by atoms with van der Waals surface area (Å²) in [6, 6.07) is 12.1. The van der Waals surface area contributed by atoms with Gasteiger partial charge >= 0.3 is 0 Å². The molecule has 7 heteroatoms. The minimum absolute atomic E-state index is 0.604. The van der Waals surface area contributed by atoms with Gasteiger partial charge in [-0.15, -0.1) is 10.2 Å². The van der Waals surface area contributed by atoms with E-state index >= 15 is 0 Å². The van der Waals surface area contributed by atoms with Crippen molar-refractivity contribution in [1.82, 2.24) is 24.6 Å². The van der Waals surface area contributed by atoms with E-state index in [4.69, 9.17) is 4.74 Å². The first-order valence-electron chi connectivity index (χ1n) is 9.51. The standard InChI is InChI=1S/C22H20N6O/c1-29-20-7-6-17(14-24-20)19-4-2-10-23-21(19)27-12-8-16(9-13-27)18-5-3-11-28-15-25-26-22(18)28/h2-8,10-11,14-15H,9,12-13H2,1H3. The average Bonchev–Trinajstić information content (AvgIpc) is 3.28. The number of pyridine rings is 3. The first kappa shape index (κ1) is 17.4. The van der Waals surface area contributed by atoms with Gasteiger partial charge in [0.05, 0.1) is 7.11 Å². The maximum Gasteiger partial charge on any atom is 0.212 e. The molecule has 0 aliphatic carbocycles. The van der Waals surface area contributed by atoms with Crippen molar-refractivity contribution in [3.05, 3.63) is 73.0 Å². The smallest absolute Gasteiger partial charge is 0.212 e. The fourth-order valence-electron chi connectivity index (χ4n) is 3.74. The molecule has 4 aromatic heterocycles. The molecule has 0 spiro atoms. The molecule has 0 bridgehead atoms. The molecule has 0 unspecified atom stereocenters. The third-order valence-electron chi connectivity index (χ3n) is 5.22. The third kappa shape index (κ3) is 3.20. The number of hydrogen-bond acceptors (Lipinski definition) is 6. The zero-order valence-corrected chi connectivity index (χ0v) is 16.1. The molecule has 1 aliphatic heterocycles. The second-order valence-electron chi connectivity index (χ2n) is 6.87. The monoisotopic (exact) mass is 384 g/mol. The van der Waals surface area contributed by atoms with Crippen LogP contribution in [0.1, 0.15) is 12.0 Å². The number of aromatic nitrogens is 5. The van der Waals surface area contributed by atoms with Gasteiger partial charge in [0.15, 0.2) is 5.65 Å². The van der Waals surface area contributed by atoms with E-state index in [-0.39, 0.29) is 0 Å². The van der Waals surface area contributed by atoms with E-state index in [9.17, 15) is 0 Å². The van der Waals surface area contributed by atoms with Gasteiger partial charge in [0.25, 0.3) is 0 Å². The molecule has 0 amide bonds. The van der Waals surface area contributed by atoms with Crippen molar-refractivity contribution in [2.45, 2.75) is 6.42 Å². The largest absolute Gasteiger partial charge is 0.481 e. The molecular formula is C22H20N6O. The fourth-order valence-corrected chi connectivity index (χ4v) is 3.74.